The first kappa shape index (κ1) is 24.5. The Balaban J connectivity index is 1.57. The van der Waals surface area contributed by atoms with Crippen molar-refractivity contribution in [3.05, 3.63) is 77.9 Å². The molecule has 1 heterocycles. The number of allylic oxidation sites excluding steroid dienone is 2. The number of nitrogens with one attached hydrogen (secondary N) is 2. The van der Waals surface area contributed by atoms with Gasteiger partial charge in [0, 0.05) is 11.6 Å². The summed E-state index contributed by atoms with van der Waals surface area (Å²) in [5.41, 5.74) is 5.94. The number of Topliss-reactive ketones (excluding diaryl/α,β-unsaturated/α-hetero) is 1. The van der Waals surface area contributed by atoms with E-state index in [9.17, 15) is 9.59 Å². The molecule has 35 heavy (non-hydrogen) atoms. The van der Waals surface area contributed by atoms with Gasteiger partial charge < -0.3 is 30.6 Å². The average molecular weight is 478 g/mol. The quantitative estimate of drug-likeness (QED) is 0.501. The molecule has 4 rings (SSSR count). The van der Waals surface area contributed by atoms with Crippen molar-refractivity contribution in [3.8, 4) is 17.2 Å². The molecule has 0 bridgehead atoms. The van der Waals surface area contributed by atoms with Crippen LogP contribution in [-0.2, 0) is 0 Å². The van der Waals surface area contributed by atoms with Crippen LogP contribution in [0.2, 0.25) is 0 Å². The highest BCUT2D eigenvalue weighted by molar-refractivity contribution is 6.06. The molecule has 0 spiro atoms. The minimum absolute atomic E-state index is 0.00216. The summed E-state index contributed by atoms with van der Waals surface area (Å²) in [5.74, 6) is 0.963. The summed E-state index contributed by atoms with van der Waals surface area (Å²) in [6.45, 7) is 1.72. The molecule has 2 aromatic rings. The monoisotopic (exact) mass is 477 g/mol. The number of ketones is 1. The number of hydrogen-bond donors (Lipinski definition) is 3. The van der Waals surface area contributed by atoms with Crippen molar-refractivity contribution < 1.29 is 23.8 Å². The van der Waals surface area contributed by atoms with Gasteiger partial charge in [-0.1, -0.05) is 24.3 Å². The zero-order valence-corrected chi connectivity index (χ0v) is 20.0. The van der Waals surface area contributed by atoms with Crippen LogP contribution < -0.4 is 30.6 Å². The largest absolute Gasteiger partial charge is 0.497 e. The Hall–Kier alpha value is -3.62. The summed E-state index contributed by atoms with van der Waals surface area (Å²) >= 11 is 0. The van der Waals surface area contributed by atoms with Gasteiger partial charge in [-0.05, 0) is 62.3 Å². The van der Waals surface area contributed by atoms with Gasteiger partial charge >= 0.3 is 0 Å². The Morgan fingerprint density at radius 2 is 1.69 bits per heavy atom. The summed E-state index contributed by atoms with van der Waals surface area (Å²) in [6, 6.07) is 11.1. The lowest BCUT2D eigenvalue weighted by atomic mass is 9.80. The standard InChI is InChI=1S/C27H31N3O5/c1-33-19-8-6-18(7-9-19)25(31)27(28)14-4-3-5-24(27)30-26(32)22-11-10-21(34-2)17-23(22)35-20-12-15-29-16-13-20/h3-11,14,17,20,24,29H,12-13,15-16,28H2,1-2H3,(H,30,32). The van der Waals surface area contributed by atoms with Crippen LogP contribution in [0.1, 0.15) is 33.6 Å². The molecule has 4 N–H and O–H groups in total. The normalized spacial score (nSPS) is 21.9. The van der Waals surface area contributed by atoms with Gasteiger partial charge in [-0.15, -0.1) is 0 Å². The lowest BCUT2D eigenvalue weighted by Crippen LogP contribution is -2.62. The van der Waals surface area contributed by atoms with Gasteiger partial charge in [0.15, 0.2) is 5.78 Å². The topological polar surface area (TPSA) is 112 Å². The Labute approximate surface area is 205 Å². The zero-order chi connectivity index (χ0) is 24.8. The number of nitrogens with two attached hydrogens (primary N) is 1. The Bertz CT molecular complexity index is 1120. The van der Waals surface area contributed by atoms with E-state index in [4.69, 9.17) is 19.9 Å². The number of amides is 1. The van der Waals surface area contributed by atoms with E-state index < -0.39 is 11.6 Å². The fourth-order valence-electron chi connectivity index (χ4n) is 4.26. The highest BCUT2D eigenvalue weighted by Gasteiger charge is 2.41. The van der Waals surface area contributed by atoms with Crippen LogP contribution in [0.25, 0.3) is 0 Å². The summed E-state index contributed by atoms with van der Waals surface area (Å²) in [4.78, 5) is 26.8. The predicted octanol–water partition coefficient (Wildman–Crippen LogP) is 2.64. The molecule has 1 aliphatic heterocycles. The van der Waals surface area contributed by atoms with Gasteiger partial charge in [0.05, 0.1) is 25.8 Å². The van der Waals surface area contributed by atoms with E-state index in [1.165, 1.54) is 0 Å². The summed E-state index contributed by atoms with van der Waals surface area (Å²) in [5, 5.41) is 6.24. The van der Waals surface area contributed by atoms with E-state index in [1.54, 1.807) is 81.0 Å². The number of carbonyl (C=O) groups is 2. The summed E-state index contributed by atoms with van der Waals surface area (Å²) < 4.78 is 16.7. The first-order valence-corrected chi connectivity index (χ1v) is 11.6. The Morgan fingerprint density at radius 1 is 1.00 bits per heavy atom. The number of benzene rings is 2. The van der Waals surface area contributed by atoms with Crippen molar-refractivity contribution in [1.29, 1.82) is 0 Å². The van der Waals surface area contributed by atoms with E-state index >= 15 is 0 Å². The molecular weight excluding hydrogens is 446 g/mol. The van der Waals surface area contributed by atoms with Crippen LogP contribution in [0.15, 0.2) is 66.8 Å². The molecule has 1 fully saturated rings. The van der Waals surface area contributed by atoms with Gasteiger partial charge in [0.1, 0.15) is 28.9 Å². The molecule has 2 atom stereocenters. The van der Waals surface area contributed by atoms with Crippen molar-refractivity contribution >= 4 is 11.7 Å². The molecule has 0 aromatic heterocycles. The molecule has 0 saturated carbocycles. The molecule has 1 aliphatic carbocycles. The van der Waals surface area contributed by atoms with Gasteiger partial charge in [-0.2, -0.15) is 0 Å². The number of rotatable bonds is 8. The maximum atomic E-state index is 13.4. The summed E-state index contributed by atoms with van der Waals surface area (Å²) in [7, 11) is 3.12. The van der Waals surface area contributed by atoms with Crippen LogP contribution in [0.5, 0.6) is 17.2 Å². The second-order valence-electron chi connectivity index (χ2n) is 8.62. The molecule has 8 nitrogen and oxygen atoms in total. The third kappa shape index (κ3) is 5.39. The average Bonchev–Trinajstić information content (AvgIpc) is 2.90. The van der Waals surface area contributed by atoms with Crippen LogP contribution in [0.3, 0.4) is 0 Å². The van der Waals surface area contributed by atoms with Crippen LogP contribution >= 0.6 is 0 Å². The number of carbonyl (C=O) groups excluding carboxylic acids is 2. The second-order valence-corrected chi connectivity index (χ2v) is 8.62. The molecule has 8 heteroatoms. The van der Waals surface area contributed by atoms with Crippen LogP contribution in [0.4, 0.5) is 0 Å². The second kappa shape index (κ2) is 10.8. The van der Waals surface area contributed by atoms with Gasteiger partial charge in [-0.25, -0.2) is 0 Å². The maximum Gasteiger partial charge on any atom is 0.255 e. The number of piperidine rings is 1. The molecule has 2 aromatic carbocycles. The number of hydrogen-bond acceptors (Lipinski definition) is 7. The van der Waals surface area contributed by atoms with Crippen molar-refractivity contribution in [2.75, 3.05) is 27.3 Å². The van der Waals surface area contributed by atoms with Gasteiger partial charge in [0.25, 0.3) is 5.91 Å². The Kier molecular flexibility index (Phi) is 7.53. The van der Waals surface area contributed by atoms with Crippen LogP contribution in [0, 0.1) is 0 Å². The van der Waals surface area contributed by atoms with Crippen LogP contribution in [-0.4, -0.2) is 56.7 Å². The lowest BCUT2D eigenvalue weighted by Gasteiger charge is -2.34. The highest BCUT2D eigenvalue weighted by Crippen LogP contribution is 2.29. The number of ether oxygens (including phenoxy) is 3. The Morgan fingerprint density at radius 3 is 2.37 bits per heavy atom. The van der Waals surface area contributed by atoms with Crippen molar-refractivity contribution in [3.63, 3.8) is 0 Å². The SMILES string of the molecule is COc1ccc(C(=O)C2(N)C=CC=CC2NC(=O)c2ccc(OC)cc2OC2CCNCC2)cc1. The smallest absolute Gasteiger partial charge is 0.255 e. The van der Waals surface area contributed by atoms with E-state index in [-0.39, 0.29) is 17.8 Å². The fraction of sp³-hybridized carbons (Fsp3) is 0.333. The number of methoxy groups -OCH3 is 2. The first-order chi connectivity index (χ1) is 16.9. The van der Waals surface area contributed by atoms with Crippen molar-refractivity contribution in [2.45, 2.75) is 30.5 Å². The van der Waals surface area contributed by atoms with E-state index in [0.29, 0.717) is 28.4 Å². The van der Waals surface area contributed by atoms with Gasteiger partial charge in [0.2, 0.25) is 0 Å². The fourth-order valence-corrected chi connectivity index (χ4v) is 4.26. The highest BCUT2D eigenvalue weighted by atomic mass is 16.5. The first-order valence-electron chi connectivity index (χ1n) is 11.6. The maximum absolute atomic E-state index is 13.4. The third-order valence-electron chi connectivity index (χ3n) is 6.35. The minimum atomic E-state index is -1.46. The van der Waals surface area contributed by atoms with E-state index in [2.05, 4.69) is 10.6 Å². The van der Waals surface area contributed by atoms with E-state index in [0.717, 1.165) is 25.9 Å². The predicted molar refractivity (Wildman–Crippen MR) is 133 cm³/mol. The third-order valence-corrected chi connectivity index (χ3v) is 6.35. The molecule has 1 amide bonds. The molecule has 1 saturated heterocycles. The molecule has 2 unspecified atom stereocenters. The minimum Gasteiger partial charge on any atom is -0.497 e. The molecule has 2 aliphatic rings. The van der Waals surface area contributed by atoms with Gasteiger partial charge in [-0.3, -0.25) is 9.59 Å². The molecule has 184 valence electrons. The van der Waals surface area contributed by atoms with E-state index in [1.807, 2.05) is 0 Å². The summed E-state index contributed by atoms with van der Waals surface area (Å²) in [6.07, 6.45) is 8.49. The zero-order valence-electron chi connectivity index (χ0n) is 20.0. The van der Waals surface area contributed by atoms with Crippen molar-refractivity contribution in [2.24, 2.45) is 5.73 Å². The lowest BCUT2D eigenvalue weighted by molar-refractivity contribution is 0.0865. The van der Waals surface area contributed by atoms with Crippen molar-refractivity contribution in [1.82, 2.24) is 10.6 Å². The molecular formula is C27H31N3O5. The molecule has 0 radical (unpaired) electrons.